The maximum absolute atomic E-state index is 12.7. The molecule has 32 heavy (non-hydrogen) atoms. The molecule has 0 bridgehead atoms. The molecular weight excluding hydrogens is 531 g/mol. The van der Waals surface area contributed by atoms with E-state index < -0.39 is 6.61 Å². The number of nitrogens with zero attached hydrogens (tertiary/aromatic N) is 3. The highest BCUT2D eigenvalue weighted by Gasteiger charge is 2.11. The van der Waals surface area contributed by atoms with Crippen molar-refractivity contribution in [1.29, 1.82) is 0 Å². The van der Waals surface area contributed by atoms with Crippen molar-refractivity contribution in [3.8, 4) is 17.2 Å². The lowest BCUT2D eigenvalue weighted by atomic mass is 10.1. The van der Waals surface area contributed by atoms with Gasteiger partial charge in [0.15, 0.2) is 5.96 Å². The van der Waals surface area contributed by atoms with Crippen LogP contribution < -0.4 is 20.1 Å². The maximum Gasteiger partial charge on any atom is 0.387 e. The van der Waals surface area contributed by atoms with Crippen molar-refractivity contribution in [1.82, 2.24) is 20.4 Å². The number of alkyl halides is 2. The summed E-state index contributed by atoms with van der Waals surface area (Å²) in [6, 6.07) is 14.7. The molecule has 1 heterocycles. The van der Waals surface area contributed by atoms with Gasteiger partial charge in [-0.15, -0.1) is 24.0 Å². The van der Waals surface area contributed by atoms with Gasteiger partial charge in [-0.25, -0.2) is 4.68 Å². The van der Waals surface area contributed by atoms with E-state index in [1.165, 1.54) is 18.7 Å². The van der Waals surface area contributed by atoms with Crippen LogP contribution in [-0.4, -0.2) is 43.1 Å². The number of rotatable bonds is 9. The SMILES string of the molecule is CN=C(NCCc1ccc(-n2cccn2)cc1)NCc1cc(OC)ccc1OC(F)F.I. The molecule has 0 aliphatic heterocycles. The van der Waals surface area contributed by atoms with E-state index in [-0.39, 0.29) is 36.3 Å². The van der Waals surface area contributed by atoms with Crippen LogP contribution in [0.4, 0.5) is 8.78 Å². The molecule has 3 rings (SSSR count). The molecule has 0 radical (unpaired) electrons. The minimum Gasteiger partial charge on any atom is -0.497 e. The first-order chi connectivity index (χ1) is 15.1. The van der Waals surface area contributed by atoms with Gasteiger partial charge in [0, 0.05) is 38.1 Å². The van der Waals surface area contributed by atoms with Gasteiger partial charge < -0.3 is 20.1 Å². The number of aromatic nitrogens is 2. The first-order valence-electron chi connectivity index (χ1n) is 9.74. The summed E-state index contributed by atoms with van der Waals surface area (Å²) in [6.07, 6.45) is 4.43. The first-order valence-corrected chi connectivity index (χ1v) is 9.74. The van der Waals surface area contributed by atoms with Crippen LogP contribution >= 0.6 is 24.0 Å². The van der Waals surface area contributed by atoms with Crippen molar-refractivity contribution in [3.63, 3.8) is 0 Å². The summed E-state index contributed by atoms with van der Waals surface area (Å²) in [7, 11) is 3.17. The molecular formula is C22H26F2IN5O2. The smallest absolute Gasteiger partial charge is 0.387 e. The van der Waals surface area contributed by atoms with Gasteiger partial charge in [0.1, 0.15) is 11.5 Å². The van der Waals surface area contributed by atoms with Crippen LogP contribution in [0.2, 0.25) is 0 Å². The number of aliphatic imine (C=N–C) groups is 1. The van der Waals surface area contributed by atoms with E-state index >= 15 is 0 Å². The molecule has 0 aliphatic rings. The molecule has 0 atom stereocenters. The van der Waals surface area contributed by atoms with Crippen molar-refractivity contribution in [2.45, 2.75) is 19.6 Å². The van der Waals surface area contributed by atoms with E-state index in [0.717, 1.165) is 12.1 Å². The summed E-state index contributed by atoms with van der Waals surface area (Å²) in [5, 5.41) is 10.5. The van der Waals surface area contributed by atoms with Gasteiger partial charge in [0.05, 0.1) is 12.8 Å². The zero-order valence-electron chi connectivity index (χ0n) is 17.8. The van der Waals surface area contributed by atoms with Crippen LogP contribution in [0.15, 0.2) is 65.9 Å². The average Bonchev–Trinajstić information content (AvgIpc) is 3.32. The summed E-state index contributed by atoms with van der Waals surface area (Å²) in [5.74, 6) is 1.20. The van der Waals surface area contributed by atoms with E-state index in [2.05, 4.69) is 37.6 Å². The fourth-order valence-corrected chi connectivity index (χ4v) is 2.99. The first kappa shape index (κ1) is 25.4. The highest BCUT2D eigenvalue weighted by Crippen LogP contribution is 2.25. The van der Waals surface area contributed by atoms with Crippen molar-refractivity contribution in [2.75, 3.05) is 20.7 Å². The molecule has 0 spiro atoms. The third-order valence-corrected chi connectivity index (χ3v) is 4.57. The number of hydrogen-bond acceptors (Lipinski definition) is 4. The second-order valence-electron chi connectivity index (χ2n) is 6.57. The van der Waals surface area contributed by atoms with Gasteiger partial charge >= 0.3 is 6.61 Å². The number of methoxy groups -OCH3 is 1. The molecule has 2 aromatic carbocycles. The summed E-state index contributed by atoms with van der Waals surface area (Å²) in [4.78, 5) is 4.18. The van der Waals surface area contributed by atoms with Crippen LogP contribution in [0, 0.1) is 0 Å². The number of guanidine groups is 1. The Hall–Kier alpha value is -2.89. The fraction of sp³-hybridized carbons (Fsp3) is 0.273. The topological polar surface area (TPSA) is 72.7 Å². The Bertz CT molecular complexity index is 982. The number of halogens is 3. The normalized spacial score (nSPS) is 11.1. The molecule has 0 fully saturated rings. The molecule has 7 nitrogen and oxygen atoms in total. The Morgan fingerprint density at radius 1 is 1.16 bits per heavy atom. The molecule has 10 heteroatoms. The predicted octanol–water partition coefficient (Wildman–Crippen LogP) is 4.01. The van der Waals surface area contributed by atoms with Gasteiger partial charge in [-0.3, -0.25) is 4.99 Å². The standard InChI is InChI=1S/C22H25F2N5O2.HI/c1-25-22(27-15-17-14-19(30-2)8-9-20(17)31-21(23)24)26-12-10-16-4-6-18(7-5-16)29-13-3-11-28-29;/h3-9,11,13-14,21H,10,12,15H2,1-2H3,(H2,25,26,27);1H. The molecule has 172 valence electrons. The molecule has 3 aromatic rings. The Labute approximate surface area is 202 Å². The molecule has 2 N–H and O–H groups in total. The predicted molar refractivity (Wildman–Crippen MR) is 131 cm³/mol. The van der Waals surface area contributed by atoms with Crippen molar-refractivity contribution < 1.29 is 18.3 Å². The Kier molecular flexibility index (Phi) is 10.2. The van der Waals surface area contributed by atoms with Crippen molar-refractivity contribution in [3.05, 3.63) is 72.1 Å². The Morgan fingerprint density at radius 3 is 2.56 bits per heavy atom. The highest BCUT2D eigenvalue weighted by molar-refractivity contribution is 14.0. The van der Waals surface area contributed by atoms with Crippen LogP contribution in [0.1, 0.15) is 11.1 Å². The number of hydrogen-bond donors (Lipinski definition) is 2. The van der Waals surface area contributed by atoms with E-state index in [9.17, 15) is 8.78 Å². The Balaban J connectivity index is 0.00000363. The number of ether oxygens (including phenoxy) is 2. The highest BCUT2D eigenvalue weighted by atomic mass is 127. The van der Waals surface area contributed by atoms with Gasteiger partial charge in [-0.1, -0.05) is 12.1 Å². The molecule has 0 saturated carbocycles. The molecule has 0 saturated heterocycles. The summed E-state index contributed by atoms with van der Waals surface area (Å²) in [6.45, 7) is -2.00. The second-order valence-corrected chi connectivity index (χ2v) is 6.57. The van der Waals surface area contributed by atoms with Crippen LogP contribution in [0.25, 0.3) is 5.69 Å². The van der Waals surface area contributed by atoms with Gasteiger partial charge in [0.2, 0.25) is 0 Å². The number of nitrogens with one attached hydrogen (secondary N) is 2. The average molecular weight is 557 g/mol. The minimum absolute atomic E-state index is 0. The monoisotopic (exact) mass is 557 g/mol. The second kappa shape index (κ2) is 12.8. The van der Waals surface area contributed by atoms with Gasteiger partial charge in [-0.05, 0) is 48.4 Å². The lowest BCUT2D eigenvalue weighted by Gasteiger charge is -2.15. The van der Waals surface area contributed by atoms with Crippen LogP contribution in [0.5, 0.6) is 11.5 Å². The van der Waals surface area contributed by atoms with E-state index in [0.29, 0.717) is 23.8 Å². The zero-order valence-corrected chi connectivity index (χ0v) is 20.1. The third kappa shape index (κ3) is 7.36. The van der Waals surface area contributed by atoms with Crippen molar-refractivity contribution >= 4 is 29.9 Å². The Morgan fingerprint density at radius 2 is 1.94 bits per heavy atom. The zero-order chi connectivity index (χ0) is 22.1. The largest absolute Gasteiger partial charge is 0.497 e. The van der Waals surface area contributed by atoms with Crippen LogP contribution in [0.3, 0.4) is 0 Å². The fourth-order valence-electron chi connectivity index (χ4n) is 2.99. The summed E-state index contributed by atoms with van der Waals surface area (Å²) >= 11 is 0. The van der Waals surface area contributed by atoms with E-state index in [1.54, 1.807) is 30.1 Å². The van der Waals surface area contributed by atoms with Crippen LogP contribution in [-0.2, 0) is 13.0 Å². The number of benzene rings is 2. The van der Waals surface area contributed by atoms with Gasteiger partial charge in [-0.2, -0.15) is 13.9 Å². The lowest BCUT2D eigenvalue weighted by molar-refractivity contribution is -0.0504. The third-order valence-electron chi connectivity index (χ3n) is 4.57. The van der Waals surface area contributed by atoms with E-state index in [4.69, 9.17) is 4.74 Å². The summed E-state index contributed by atoms with van der Waals surface area (Å²) in [5.41, 5.74) is 2.70. The van der Waals surface area contributed by atoms with E-state index in [1.807, 2.05) is 24.4 Å². The quantitative estimate of drug-likeness (QED) is 0.237. The molecule has 1 aromatic heterocycles. The molecule has 0 amide bonds. The maximum atomic E-state index is 12.7. The summed E-state index contributed by atoms with van der Waals surface area (Å²) < 4.78 is 36.9. The molecule has 0 aliphatic carbocycles. The van der Waals surface area contributed by atoms with Crippen molar-refractivity contribution in [2.24, 2.45) is 4.99 Å². The molecule has 0 unspecified atom stereocenters. The van der Waals surface area contributed by atoms with Gasteiger partial charge in [0.25, 0.3) is 0 Å². The lowest BCUT2D eigenvalue weighted by Crippen LogP contribution is -2.38. The minimum atomic E-state index is -2.90.